The fraction of sp³-hybridized carbons (Fsp3) is 0.600. The second-order valence-corrected chi connectivity index (χ2v) is 6.72. The number of nitrogens with one attached hydrogen (secondary N) is 2. The van der Waals surface area contributed by atoms with Gasteiger partial charge >= 0.3 is 0 Å². The number of para-hydroxylation sites is 1. The molecule has 0 unspecified atom stereocenters. The largest absolute Gasteiger partial charge is 0.491 e. The number of aliphatic imine (C=N–C) groups is 1. The standard InChI is InChI=1S/C20H32N4O2/c1-4-21-20(22-13-7-10-19(25)23-17-11-12-17)24(3)14-15-26-18-9-6-5-8-16(18)2/h5-6,8-9,17H,4,7,10-15H2,1-3H3,(H,21,22)(H,23,25). The van der Waals surface area contributed by atoms with Crippen LogP contribution in [-0.4, -0.2) is 56.1 Å². The molecule has 1 fully saturated rings. The lowest BCUT2D eigenvalue weighted by atomic mass is 10.2. The highest BCUT2D eigenvalue weighted by Gasteiger charge is 2.22. The molecule has 1 saturated carbocycles. The SMILES string of the molecule is CCNC(=NCCCC(=O)NC1CC1)N(C)CCOc1ccccc1C. The van der Waals surface area contributed by atoms with Crippen molar-refractivity contribution in [2.75, 3.05) is 33.3 Å². The Morgan fingerprint density at radius 1 is 1.35 bits per heavy atom. The lowest BCUT2D eigenvalue weighted by Gasteiger charge is -2.22. The molecule has 1 aromatic rings. The minimum atomic E-state index is 0.146. The quantitative estimate of drug-likeness (QED) is 0.382. The van der Waals surface area contributed by atoms with Gasteiger partial charge in [0, 0.05) is 32.6 Å². The molecule has 1 aliphatic carbocycles. The number of benzene rings is 1. The molecule has 0 radical (unpaired) electrons. The Morgan fingerprint density at radius 2 is 2.12 bits per heavy atom. The van der Waals surface area contributed by atoms with Gasteiger partial charge in [0.05, 0.1) is 6.54 Å². The fourth-order valence-electron chi connectivity index (χ4n) is 2.54. The van der Waals surface area contributed by atoms with Crippen molar-refractivity contribution in [3.8, 4) is 5.75 Å². The zero-order valence-corrected chi connectivity index (χ0v) is 16.3. The van der Waals surface area contributed by atoms with Crippen LogP contribution in [-0.2, 0) is 4.79 Å². The molecule has 2 rings (SSSR count). The number of carbonyl (C=O) groups excluding carboxylic acids is 1. The Hall–Kier alpha value is -2.24. The molecular formula is C20H32N4O2. The molecular weight excluding hydrogens is 328 g/mol. The van der Waals surface area contributed by atoms with Crippen LogP contribution in [0.2, 0.25) is 0 Å². The van der Waals surface area contributed by atoms with Crippen LogP contribution < -0.4 is 15.4 Å². The van der Waals surface area contributed by atoms with E-state index in [0.29, 0.717) is 25.6 Å². The van der Waals surface area contributed by atoms with Crippen molar-refractivity contribution >= 4 is 11.9 Å². The van der Waals surface area contributed by atoms with Gasteiger partial charge in [-0.2, -0.15) is 0 Å². The zero-order chi connectivity index (χ0) is 18.8. The number of rotatable bonds is 10. The van der Waals surface area contributed by atoms with E-state index in [-0.39, 0.29) is 5.91 Å². The maximum Gasteiger partial charge on any atom is 0.220 e. The highest BCUT2D eigenvalue weighted by molar-refractivity contribution is 5.80. The fourth-order valence-corrected chi connectivity index (χ4v) is 2.54. The van der Waals surface area contributed by atoms with E-state index < -0.39 is 0 Å². The molecule has 144 valence electrons. The van der Waals surface area contributed by atoms with E-state index in [9.17, 15) is 4.79 Å². The van der Waals surface area contributed by atoms with Crippen LogP contribution in [0.5, 0.6) is 5.75 Å². The number of hydrogen-bond acceptors (Lipinski definition) is 3. The summed E-state index contributed by atoms with van der Waals surface area (Å²) in [6.45, 7) is 6.88. The molecule has 1 amide bonds. The first-order valence-electron chi connectivity index (χ1n) is 9.57. The first-order chi connectivity index (χ1) is 12.6. The first kappa shape index (κ1) is 20.1. The third-order valence-electron chi connectivity index (χ3n) is 4.24. The number of nitrogens with zero attached hydrogens (tertiary/aromatic N) is 2. The van der Waals surface area contributed by atoms with E-state index in [2.05, 4.69) is 27.4 Å². The topological polar surface area (TPSA) is 66.0 Å². The summed E-state index contributed by atoms with van der Waals surface area (Å²) in [4.78, 5) is 18.4. The molecule has 2 N–H and O–H groups in total. The van der Waals surface area contributed by atoms with Crippen LogP contribution in [0.3, 0.4) is 0 Å². The highest BCUT2D eigenvalue weighted by atomic mass is 16.5. The molecule has 6 heteroatoms. The van der Waals surface area contributed by atoms with Gasteiger partial charge in [0.1, 0.15) is 12.4 Å². The monoisotopic (exact) mass is 360 g/mol. The maximum atomic E-state index is 11.7. The van der Waals surface area contributed by atoms with Crippen molar-refractivity contribution in [1.82, 2.24) is 15.5 Å². The van der Waals surface area contributed by atoms with E-state index in [1.807, 2.05) is 38.2 Å². The summed E-state index contributed by atoms with van der Waals surface area (Å²) in [6, 6.07) is 8.46. The van der Waals surface area contributed by atoms with Gasteiger partial charge in [0.2, 0.25) is 5.91 Å². The summed E-state index contributed by atoms with van der Waals surface area (Å²) in [7, 11) is 2.00. The number of amides is 1. The maximum absolute atomic E-state index is 11.7. The molecule has 0 aromatic heterocycles. The Labute approximate surface area is 157 Å². The molecule has 1 aromatic carbocycles. The normalized spacial score (nSPS) is 14.0. The van der Waals surface area contributed by atoms with Crippen molar-refractivity contribution in [1.29, 1.82) is 0 Å². The number of guanidine groups is 1. The molecule has 26 heavy (non-hydrogen) atoms. The predicted molar refractivity (Wildman–Crippen MR) is 106 cm³/mol. The molecule has 0 spiro atoms. The second-order valence-electron chi connectivity index (χ2n) is 6.72. The average molecular weight is 361 g/mol. The summed E-state index contributed by atoms with van der Waals surface area (Å²) in [5.41, 5.74) is 1.14. The number of carbonyl (C=O) groups is 1. The van der Waals surface area contributed by atoms with Crippen LogP contribution in [0.4, 0.5) is 0 Å². The first-order valence-corrected chi connectivity index (χ1v) is 9.57. The van der Waals surface area contributed by atoms with Crippen LogP contribution in [0.1, 0.15) is 38.2 Å². The number of ether oxygens (including phenoxy) is 1. The van der Waals surface area contributed by atoms with Gasteiger partial charge < -0.3 is 20.3 Å². The van der Waals surface area contributed by atoms with Crippen molar-refractivity contribution < 1.29 is 9.53 Å². The number of likely N-dealkylation sites (N-methyl/N-ethyl adjacent to an activating group) is 1. The van der Waals surface area contributed by atoms with Crippen LogP contribution in [0.25, 0.3) is 0 Å². The number of aryl methyl sites for hydroxylation is 1. The summed E-state index contributed by atoms with van der Waals surface area (Å²) in [5.74, 6) is 1.92. The van der Waals surface area contributed by atoms with Crippen molar-refractivity contribution in [2.45, 2.75) is 45.6 Å². The van der Waals surface area contributed by atoms with Crippen LogP contribution >= 0.6 is 0 Å². The average Bonchev–Trinajstić information content (AvgIpc) is 3.43. The van der Waals surface area contributed by atoms with Crippen molar-refractivity contribution in [3.63, 3.8) is 0 Å². The Balaban J connectivity index is 1.71. The molecule has 6 nitrogen and oxygen atoms in total. The predicted octanol–water partition coefficient (Wildman–Crippen LogP) is 2.33. The molecule has 0 atom stereocenters. The van der Waals surface area contributed by atoms with E-state index in [0.717, 1.165) is 49.6 Å². The number of hydrogen-bond donors (Lipinski definition) is 2. The van der Waals surface area contributed by atoms with Gasteiger partial charge in [-0.3, -0.25) is 9.79 Å². The molecule has 0 saturated heterocycles. The second kappa shape index (κ2) is 10.7. The van der Waals surface area contributed by atoms with Crippen LogP contribution in [0.15, 0.2) is 29.3 Å². The van der Waals surface area contributed by atoms with Gasteiger partial charge in [-0.1, -0.05) is 18.2 Å². The Kier molecular flexibility index (Phi) is 8.25. The lowest BCUT2D eigenvalue weighted by molar-refractivity contribution is -0.121. The lowest BCUT2D eigenvalue weighted by Crippen LogP contribution is -2.41. The third kappa shape index (κ3) is 7.33. The van der Waals surface area contributed by atoms with Gasteiger partial charge in [-0.05, 0) is 44.7 Å². The molecule has 0 heterocycles. The minimum absolute atomic E-state index is 0.146. The smallest absolute Gasteiger partial charge is 0.220 e. The summed E-state index contributed by atoms with van der Waals surface area (Å²) in [5, 5.41) is 6.30. The van der Waals surface area contributed by atoms with Gasteiger partial charge in [-0.15, -0.1) is 0 Å². The molecule has 1 aliphatic rings. The highest BCUT2D eigenvalue weighted by Crippen LogP contribution is 2.18. The van der Waals surface area contributed by atoms with Crippen molar-refractivity contribution in [2.24, 2.45) is 4.99 Å². The van der Waals surface area contributed by atoms with Gasteiger partial charge in [-0.25, -0.2) is 0 Å². The summed E-state index contributed by atoms with van der Waals surface area (Å²) < 4.78 is 5.86. The van der Waals surface area contributed by atoms with E-state index in [4.69, 9.17) is 4.74 Å². The molecule has 0 bridgehead atoms. The zero-order valence-electron chi connectivity index (χ0n) is 16.3. The van der Waals surface area contributed by atoms with E-state index in [1.54, 1.807) is 0 Å². The third-order valence-corrected chi connectivity index (χ3v) is 4.24. The summed E-state index contributed by atoms with van der Waals surface area (Å²) >= 11 is 0. The van der Waals surface area contributed by atoms with E-state index in [1.165, 1.54) is 0 Å². The Morgan fingerprint density at radius 3 is 2.81 bits per heavy atom. The van der Waals surface area contributed by atoms with Crippen molar-refractivity contribution in [3.05, 3.63) is 29.8 Å². The Bertz CT molecular complexity index is 599. The minimum Gasteiger partial charge on any atom is -0.491 e. The van der Waals surface area contributed by atoms with Gasteiger partial charge in [0.15, 0.2) is 5.96 Å². The van der Waals surface area contributed by atoms with E-state index >= 15 is 0 Å². The summed E-state index contributed by atoms with van der Waals surface area (Å²) in [6.07, 6.45) is 3.56. The van der Waals surface area contributed by atoms with Crippen LogP contribution in [0, 0.1) is 6.92 Å². The molecule has 0 aliphatic heterocycles. The van der Waals surface area contributed by atoms with Gasteiger partial charge in [0.25, 0.3) is 0 Å².